The van der Waals surface area contributed by atoms with E-state index in [4.69, 9.17) is 23.2 Å². The summed E-state index contributed by atoms with van der Waals surface area (Å²) in [7, 11) is 0. The molecule has 0 unspecified atom stereocenters. The molecule has 1 amide bonds. The fourth-order valence-electron chi connectivity index (χ4n) is 1.30. The predicted octanol–water partition coefficient (Wildman–Crippen LogP) is 3.50. The third kappa shape index (κ3) is 2.25. The van der Waals surface area contributed by atoms with Crippen LogP contribution in [0.5, 0.6) is 0 Å². The van der Waals surface area contributed by atoms with E-state index in [1.165, 1.54) is 6.08 Å². The van der Waals surface area contributed by atoms with Gasteiger partial charge in [0, 0.05) is 11.1 Å². The minimum Gasteiger partial charge on any atom is -0.266 e. The van der Waals surface area contributed by atoms with Gasteiger partial charge in [-0.15, -0.1) is 5.11 Å². The summed E-state index contributed by atoms with van der Waals surface area (Å²) < 4.78 is 0. The average Bonchev–Trinajstić information content (AvgIpc) is 2.17. The van der Waals surface area contributed by atoms with Crippen molar-refractivity contribution in [2.24, 2.45) is 10.2 Å². The Balaban J connectivity index is 2.36. The van der Waals surface area contributed by atoms with Gasteiger partial charge in [0.05, 0.1) is 5.03 Å². The minimum absolute atomic E-state index is 0.359. The summed E-state index contributed by atoms with van der Waals surface area (Å²) in [6.07, 6.45) is 1.26. The van der Waals surface area contributed by atoms with Crippen LogP contribution in [0.4, 0.5) is 0 Å². The van der Waals surface area contributed by atoms with Crippen molar-refractivity contribution in [1.82, 2.24) is 0 Å². The van der Waals surface area contributed by atoms with E-state index >= 15 is 0 Å². The number of azo groups is 1. The first-order valence-corrected chi connectivity index (χ1v) is 5.00. The molecule has 0 saturated heterocycles. The highest BCUT2D eigenvalue weighted by atomic mass is 35.5. The lowest BCUT2D eigenvalue weighted by Gasteiger charge is -2.12. The van der Waals surface area contributed by atoms with E-state index in [9.17, 15) is 4.79 Å². The Bertz CT molecular complexity index is 468. The molecule has 0 N–H and O–H groups in total. The van der Waals surface area contributed by atoms with Crippen LogP contribution in [0.25, 0.3) is 0 Å². The SMILES string of the molecule is O=C1C=C(Cl)[C@H](c2cccc(Cl)c2)N=N1. The first kappa shape index (κ1) is 10.3. The summed E-state index contributed by atoms with van der Waals surface area (Å²) in [5.41, 5.74) is 0.819. The largest absolute Gasteiger partial charge is 0.289 e. The van der Waals surface area contributed by atoms with Gasteiger partial charge in [0.2, 0.25) is 0 Å². The number of carbonyl (C=O) groups is 1. The molecule has 0 aliphatic carbocycles. The standard InChI is InChI=1S/C10H6Cl2N2O/c11-7-3-1-2-6(4-7)10-8(12)5-9(15)13-14-10/h1-5,10H/t10-/m0/s1. The summed E-state index contributed by atoms with van der Waals surface area (Å²) in [6, 6.07) is 6.73. The van der Waals surface area contributed by atoms with Crippen molar-refractivity contribution < 1.29 is 4.79 Å². The van der Waals surface area contributed by atoms with Crippen molar-refractivity contribution in [2.75, 3.05) is 0 Å². The first-order valence-electron chi connectivity index (χ1n) is 4.24. The maximum Gasteiger partial charge on any atom is 0.289 e. The molecule has 1 aromatic carbocycles. The Kier molecular flexibility index (Phi) is 2.84. The Morgan fingerprint density at radius 2 is 2.07 bits per heavy atom. The van der Waals surface area contributed by atoms with Gasteiger partial charge < -0.3 is 0 Å². The number of carbonyl (C=O) groups excluding carboxylic acids is 1. The zero-order valence-electron chi connectivity index (χ0n) is 7.52. The van der Waals surface area contributed by atoms with Crippen molar-refractivity contribution in [1.29, 1.82) is 0 Å². The molecule has 15 heavy (non-hydrogen) atoms. The summed E-state index contributed by atoms with van der Waals surface area (Å²) in [4.78, 5) is 10.9. The molecule has 1 aromatic rings. The minimum atomic E-state index is -0.432. The Morgan fingerprint density at radius 1 is 1.27 bits per heavy atom. The Labute approximate surface area is 96.4 Å². The molecule has 1 heterocycles. The molecule has 1 aliphatic heterocycles. The molecule has 76 valence electrons. The van der Waals surface area contributed by atoms with E-state index in [-0.39, 0.29) is 0 Å². The van der Waals surface area contributed by atoms with Crippen LogP contribution in [-0.4, -0.2) is 5.91 Å². The van der Waals surface area contributed by atoms with E-state index < -0.39 is 11.9 Å². The lowest BCUT2D eigenvalue weighted by molar-refractivity contribution is -0.114. The van der Waals surface area contributed by atoms with Gasteiger partial charge in [-0.05, 0) is 17.7 Å². The monoisotopic (exact) mass is 240 g/mol. The molecule has 0 fully saturated rings. The van der Waals surface area contributed by atoms with Crippen LogP contribution in [0.15, 0.2) is 45.6 Å². The third-order valence-electron chi connectivity index (χ3n) is 1.96. The highest BCUT2D eigenvalue weighted by molar-refractivity contribution is 6.32. The van der Waals surface area contributed by atoms with E-state index in [0.29, 0.717) is 10.1 Å². The summed E-state index contributed by atoms with van der Waals surface area (Å²) in [5, 5.41) is 8.23. The van der Waals surface area contributed by atoms with Crippen molar-refractivity contribution >= 4 is 29.1 Å². The molecule has 0 spiro atoms. The van der Waals surface area contributed by atoms with Crippen molar-refractivity contribution in [3.8, 4) is 0 Å². The van der Waals surface area contributed by atoms with Crippen LogP contribution in [0.2, 0.25) is 5.02 Å². The number of hydrogen-bond donors (Lipinski definition) is 0. The molecule has 0 bridgehead atoms. The van der Waals surface area contributed by atoms with Crippen LogP contribution in [0.3, 0.4) is 0 Å². The molecule has 3 nitrogen and oxygen atoms in total. The third-order valence-corrected chi connectivity index (χ3v) is 2.51. The molecular formula is C10H6Cl2N2O. The van der Waals surface area contributed by atoms with Gasteiger partial charge in [0.25, 0.3) is 5.91 Å². The summed E-state index contributed by atoms with van der Waals surface area (Å²) in [5.74, 6) is -0.432. The average molecular weight is 241 g/mol. The number of rotatable bonds is 1. The van der Waals surface area contributed by atoms with E-state index in [1.54, 1.807) is 18.2 Å². The van der Waals surface area contributed by atoms with Crippen LogP contribution in [0.1, 0.15) is 11.6 Å². The molecule has 5 heteroatoms. The van der Waals surface area contributed by atoms with Gasteiger partial charge in [-0.3, -0.25) is 4.79 Å². The lowest BCUT2D eigenvalue weighted by Crippen LogP contribution is -2.03. The second-order valence-electron chi connectivity index (χ2n) is 3.04. The smallest absolute Gasteiger partial charge is 0.266 e. The maximum atomic E-state index is 10.9. The van der Waals surface area contributed by atoms with Gasteiger partial charge in [-0.2, -0.15) is 5.11 Å². The Hall–Kier alpha value is -1.19. The van der Waals surface area contributed by atoms with Crippen LogP contribution < -0.4 is 0 Å². The van der Waals surface area contributed by atoms with Crippen molar-refractivity contribution in [3.63, 3.8) is 0 Å². The number of hydrogen-bond acceptors (Lipinski definition) is 2. The lowest BCUT2D eigenvalue weighted by atomic mass is 10.1. The Morgan fingerprint density at radius 3 is 2.73 bits per heavy atom. The topological polar surface area (TPSA) is 41.8 Å². The highest BCUT2D eigenvalue weighted by Crippen LogP contribution is 2.32. The number of benzene rings is 1. The number of halogens is 2. The maximum absolute atomic E-state index is 10.9. The summed E-state index contributed by atoms with van der Waals surface area (Å²) in [6.45, 7) is 0. The molecule has 0 radical (unpaired) electrons. The zero-order valence-corrected chi connectivity index (χ0v) is 9.03. The van der Waals surface area contributed by atoms with Crippen molar-refractivity contribution in [3.05, 3.63) is 46.0 Å². The molecule has 1 atom stereocenters. The highest BCUT2D eigenvalue weighted by Gasteiger charge is 2.19. The van der Waals surface area contributed by atoms with Gasteiger partial charge in [-0.25, -0.2) is 0 Å². The van der Waals surface area contributed by atoms with Crippen LogP contribution in [-0.2, 0) is 4.79 Å². The van der Waals surface area contributed by atoms with Gasteiger partial charge >= 0.3 is 0 Å². The zero-order chi connectivity index (χ0) is 10.8. The van der Waals surface area contributed by atoms with Gasteiger partial charge in [-0.1, -0.05) is 35.3 Å². The van der Waals surface area contributed by atoms with Gasteiger partial charge in [0.15, 0.2) is 0 Å². The van der Waals surface area contributed by atoms with Crippen molar-refractivity contribution in [2.45, 2.75) is 6.04 Å². The molecule has 0 saturated carbocycles. The normalized spacial score (nSPS) is 20.3. The molecular weight excluding hydrogens is 235 g/mol. The second kappa shape index (κ2) is 4.13. The fourth-order valence-corrected chi connectivity index (χ4v) is 1.76. The fraction of sp³-hybridized carbons (Fsp3) is 0.100. The van der Waals surface area contributed by atoms with Gasteiger partial charge in [0.1, 0.15) is 6.04 Å². The quantitative estimate of drug-likeness (QED) is 0.741. The predicted molar refractivity (Wildman–Crippen MR) is 58.0 cm³/mol. The van der Waals surface area contributed by atoms with Crippen LogP contribution >= 0.6 is 23.2 Å². The second-order valence-corrected chi connectivity index (χ2v) is 3.91. The molecule has 2 rings (SSSR count). The van der Waals surface area contributed by atoms with Crippen LogP contribution in [0, 0.1) is 0 Å². The summed E-state index contributed by atoms with van der Waals surface area (Å²) >= 11 is 11.7. The number of amides is 1. The molecule has 0 aromatic heterocycles. The van der Waals surface area contributed by atoms with E-state index in [2.05, 4.69) is 10.2 Å². The van der Waals surface area contributed by atoms with E-state index in [1.807, 2.05) is 6.07 Å². The molecule has 1 aliphatic rings. The number of nitrogens with zero attached hydrogens (tertiary/aromatic N) is 2. The first-order chi connectivity index (χ1) is 7.16. The van der Waals surface area contributed by atoms with E-state index in [0.717, 1.165) is 5.56 Å².